The topological polar surface area (TPSA) is 71.0 Å². The monoisotopic (exact) mass is 392 g/mol. The zero-order chi connectivity index (χ0) is 20.7. The summed E-state index contributed by atoms with van der Waals surface area (Å²) in [5.74, 6) is 0.815. The van der Waals surface area contributed by atoms with Crippen molar-refractivity contribution in [2.75, 3.05) is 32.8 Å². The molecule has 1 heterocycles. The highest BCUT2D eigenvalue weighted by Gasteiger charge is 2.23. The Kier molecular flexibility index (Phi) is 8.13. The first kappa shape index (κ1) is 22.5. The Hall–Kier alpha value is -1.79. The molecule has 0 spiro atoms. The van der Waals surface area contributed by atoms with Gasteiger partial charge in [0, 0.05) is 25.7 Å². The Morgan fingerprint density at radius 3 is 2.57 bits per heavy atom. The van der Waals surface area contributed by atoms with Gasteiger partial charge in [-0.2, -0.15) is 0 Å². The summed E-state index contributed by atoms with van der Waals surface area (Å²) < 4.78 is 10.9. The van der Waals surface area contributed by atoms with Gasteiger partial charge in [-0.1, -0.05) is 32.9 Å². The van der Waals surface area contributed by atoms with Crippen molar-refractivity contribution in [3.8, 4) is 5.75 Å². The van der Waals surface area contributed by atoms with Gasteiger partial charge in [0.05, 0.1) is 6.61 Å². The minimum Gasteiger partial charge on any atom is -0.491 e. The second-order valence-corrected chi connectivity index (χ2v) is 8.56. The molecule has 0 radical (unpaired) electrons. The van der Waals surface area contributed by atoms with Crippen molar-refractivity contribution in [3.05, 3.63) is 29.3 Å². The Morgan fingerprint density at radius 2 is 2.00 bits per heavy atom. The molecule has 0 unspecified atom stereocenters. The van der Waals surface area contributed by atoms with Crippen molar-refractivity contribution >= 4 is 6.09 Å². The van der Waals surface area contributed by atoms with E-state index in [-0.39, 0.29) is 18.1 Å². The molecule has 2 N–H and O–H groups in total. The van der Waals surface area contributed by atoms with Crippen LogP contribution < -0.4 is 10.1 Å². The molecule has 158 valence electrons. The van der Waals surface area contributed by atoms with Crippen molar-refractivity contribution in [1.29, 1.82) is 0 Å². The number of piperidine rings is 1. The number of aryl methyl sites for hydroxylation is 1. The minimum atomic E-state index is -0.579. The fraction of sp³-hybridized carbons (Fsp3) is 0.682. The summed E-state index contributed by atoms with van der Waals surface area (Å²) >= 11 is 0. The predicted molar refractivity (Wildman–Crippen MR) is 111 cm³/mol. The van der Waals surface area contributed by atoms with Gasteiger partial charge in [0.2, 0.25) is 0 Å². The number of nitrogens with one attached hydrogen (secondary N) is 1. The highest BCUT2D eigenvalue weighted by atomic mass is 16.6. The molecular formula is C22H36N2O4. The van der Waals surface area contributed by atoms with E-state index in [0.717, 1.165) is 24.2 Å². The molecule has 0 aromatic heterocycles. The average Bonchev–Trinajstić information content (AvgIpc) is 2.65. The molecule has 1 fully saturated rings. The van der Waals surface area contributed by atoms with Crippen LogP contribution in [0.5, 0.6) is 5.75 Å². The fourth-order valence-electron chi connectivity index (χ4n) is 3.31. The zero-order valence-corrected chi connectivity index (χ0v) is 18.0. The minimum absolute atomic E-state index is 0.107. The van der Waals surface area contributed by atoms with E-state index in [9.17, 15) is 9.90 Å². The van der Waals surface area contributed by atoms with Crippen molar-refractivity contribution < 1.29 is 19.4 Å². The third kappa shape index (κ3) is 6.67. The van der Waals surface area contributed by atoms with Crippen molar-refractivity contribution in [1.82, 2.24) is 10.2 Å². The Labute approximate surface area is 169 Å². The van der Waals surface area contributed by atoms with Gasteiger partial charge < -0.3 is 24.8 Å². The normalized spacial score (nSPS) is 16.7. The van der Waals surface area contributed by atoms with E-state index < -0.39 is 6.10 Å². The third-order valence-corrected chi connectivity index (χ3v) is 5.14. The first-order chi connectivity index (χ1) is 13.2. The molecule has 1 aromatic rings. The number of likely N-dealkylation sites (tertiary alicyclic amines) is 1. The van der Waals surface area contributed by atoms with Crippen LogP contribution in [0.25, 0.3) is 0 Å². The molecule has 1 atom stereocenters. The number of carbonyl (C=O) groups excluding carboxylic acids is 1. The summed E-state index contributed by atoms with van der Waals surface area (Å²) in [6, 6.07) is 6.52. The second-order valence-electron chi connectivity index (χ2n) is 8.56. The third-order valence-electron chi connectivity index (χ3n) is 5.14. The summed E-state index contributed by atoms with van der Waals surface area (Å²) in [6.07, 6.45) is 0.909. The van der Waals surface area contributed by atoms with E-state index >= 15 is 0 Å². The maximum atomic E-state index is 11.7. The van der Waals surface area contributed by atoms with E-state index in [1.807, 2.05) is 19.9 Å². The van der Waals surface area contributed by atoms with Crippen LogP contribution in [0.3, 0.4) is 0 Å². The van der Waals surface area contributed by atoms with Gasteiger partial charge in [0.1, 0.15) is 18.5 Å². The maximum Gasteiger partial charge on any atom is 0.409 e. The van der Waals surface area contributed by atoms with Crippen LogP contribution in [0.1, 0.15) is 51.7 Å². The molecule has 0 saturated carbocycles. The van der Waals surface area contributed by atoms with E-state index in [2.05, 4.69) is 38.2 Å². The molecule has 0 aliphatic carbocycles. The standard InChI is InChI=1S/C22H36N2O4/c1-6-27-21(26)24-11-9-18(10-12-24)23-14-19(25)15-28-20-8-7-17(13-16(20)2)22(3,4)5/h7-8,13,18-19,23,25H,6,9-12,14-15H2,1-5H3/t19-/m1/s1. The number of hydrogen-bond donors (Lipinski definition) is 2. The molecule has 1 aromatic carbocycles. The smallest absolute Gasteiger partial charge is 0.409 e. The number of benzene rings is 1. The van der Waals surface area contributed by atoms with Crippen molar-refractivity contribution in [2.45, 2.75) is 65.0 Å². The molecule has 1 aliphatic rings. The van der Waals surface area contributed by atoms with Gasteiger partial charge in [-0.25, -0.2) is 4.79 Å². The highest BCUT2D eigenvalue weighted by Crippen LogP contribution is 2.27. The number of aliphatic hydroxyl groups is 1. The summed E-state index contributed by atoms with van der Waals surface area (Å²) in [5, 5.41) is 13.6. The van der Waals surface area contributed by atoms with E-state index in [0.29, 0.717) is 32.3 Å². The van der Waals surface area contributed by atoms with Crippen LogP contribution in [-0.2, 0) is 10.2 Å². The van der Waals surface area contributed by atoms with Gasteiger partial charge in [-0.15, -0.1) is 0 Å². The molecule has 1 amide bonds. The zero-order valence-electron chi connectivity index (χ0n) is 18.0. The number of ether oxygens (including phenoxy) is 2. The first-order valence-electron chi connectivity index (χ1n) is 10.3. The first-order valence-corrected chi connectivity index (χ1v) is 10.3. The number of hydrogen-bond acceptors (Lipinski definition) is 5. The Morgan fingerprint density at radius 1 is 1.32 bits per heavy atom. The summed E-state index contributed by atoms with van der Waals surface area (Å²) in [4.78, 5) is 13.5. The Balaban J connectivity index is 1.71. The molecule has 0 bridgehead atoms. The second kappa shape index (κ2) is 10.1. The molecule has 28 heavy (non-hydrogen) atoms. The van der Waals surface area contributed by atoms with Gasteiger partial charge >= 0.3 is 6.09 Å². The number of rotatable bonds is 7. The van der Waals surface area contributed by atoms with Crippen LogP contribution in [0.15, 0.2) is 18.2 Å². The van der Waals surface area contributed by atoms with Crippen molar-refractivity contribution in [3.63, 3.8) is 0 Å². The lowest BCUT2D eigenvalue weighted by molar-refractivity contribution is 0.0859. The molecule has 6 heteroatoms. The van der Waals surface area contributed by atoms with Gasteiger partial charge in [0.25, 0.3) is 0 Å². The Bertz CT molecular complexity index is 634. The fourth-order valence-corrected chi connectivity index (χ4v) is 3.31. The number of amides is 1. The number of aliphatic hydroxyl groups excluding tert-OH is 1. The molecule has 2 rings (SSSR count). The number of nitrogens with zero attached hydrogens (tertiary/aromatic N) is 1. The van der Waals surface area contributed by atoms with E-state index in [1.54, 1.807) is 4.90 Å². The van der Waals surface area contributed by atoms with E-state index in [1.165, 1.54) is 5.56 Å². The SMILES string of the molecule is CCOC(=O)N1CCC(NC[C@@H](O)COc2ccc(C(C)(C)C)cc2C)CC1. The molecule has 1 aliphatic heterocycles. The van der Waals surface area contributed by atoms with Crippen LogP contribution in [-0.4, -0.2) is 61.1 Å². The maximum absolute atomic E-state index is 11.7. The lowest BCUT2D eigenvalue weighted by atomic mass is 9.86. The van der Waals surface area contributed by atoms with Gasteiger partial charge in [-0.3, -0.25) is 0 Å². The quantitative estimate of drug-likeness (QED) is 0.745. The average molecular weight is 393 g/mol. The van der Waals surface area contributed by atoms with E-state index in [4.69, 9.17) is 9.47 Å². The molecule has 6 nitrogen and oxygen atoms in total. The van der Waals surface area contributed by atoms with Gasteiger partial charge in [-0.05, 0) is 49.3 Å². The summed E-state index contributed by atoms with van der Waals surface area (Å²) in [5.41, 5.74) is 2.46. The molecular weight excluding hydrogens is 356 g/mol. The summed E-state index contributed by atoms with van der Waals surface area (Å²) in [7, 11) is 0. The highest BCUT2D eigenvalue weighted by molar-refractivity contribution is 5.67. The van der Waals surface area contributed by atoms with Crippen LogP contribution in [0.2, 0.25) is 0 Å². The number of carbonyl (C=O) groups is 1. The molecule has 1 saturated heterocycles. The van der Waals surface area contributed by atoms with Crippen LogP contribution >= 0.6 is 0 Å². The van der Waals surface area contributed by atoms with Crippen molar-refractivity contribution in [2.24, 2.45) is 0 Å². The predicted octanol–water partition coefficient (Wildman–Crippen LogP) is 3.24. The van der Waals surface area contributed by atoms with Gasteiger partial charge in [0.15, 0.2) is 0 Å². The largest absolute Gasteiger partial charge is 0.491 e. The lowest BCUT2D eigenvalue weighted by Gasteiger charge is -2.32. The van der Waals surface area contributed by atoms with Crippen LogP contribution in [0, 0.1) is 6.92 Å². The lowest BCUT2D eigenvalue weighted by Crippen LogP contribution is -2.47. The van der Waals surface area contributed by atoms with Crippen LogP contribution in [0.4, 0.5) is 4.79 Å². The summed E-state index contributed by atoms with van der Waals surface area (Å²) in [6.45, 7) is 12.9.